The molecule has 0 aromatic carbocycles. The Morgan fingerprint density at radius 1 is 1.50 bits per heavy atom. The Hall–Kier alpha value is -1.67. The summed E-state index contributed by atoms with van der Waals surface area (Å²) in [6, 6.07) is 2.22. The number of rotatable bonds is 4. The summed E-state index contributed by atoms with van der Waals surface area (Å²) in [6.07, 6.45) is 3.28. The van der Waals surface area contributed by atoms with Gasteiger partial charge in [-0.25, -0.2) is 0 Å². The number of hydrogen-bond donors (Lipinski definition) is 2. The minimum Gasteiger partial charge on any atom is -0.480 e. The molecule has 0 saturated carbocycles. The number of piperidine rings is 1. The van der Waals surface area contributed by atoms with E-state index >= 15 is 0 Å². The maximum atomic E-state index is 12.3. The molecule has 1 fully saturated rings. The van der Waals surface area contributed by atoms with Gasteiger partial charge in [-0.05, 0) is 38.3 Å². The molecule has 1 unspecified atom stereocenters. The number of pyridine rings is 1. The first-order chi connectivity index (χ1) is 9.42. The van der Waals surface area contributed by atoms with Crippen LogP contribution in [0.1, 0.15) is 25.0 Å². The normalized spacial score (nSPS) is 20.6. The van der Waals surface area contributed by atoms with Crippen molar-refractivity contribution in [1.29, 1.82) is 0 Å². The second-order valence-corrected chi connectivity index (χ2v) is 6.33. The van der Waals surface area contributed by atoms with Crippen molar-refractivity contribution in [3.8, 4) is 0 Å². The highest BCUT2D eigenvalue weighted by Gasteiger charge is 2.36. The van der Waals surface area contributed by atoms with E-state index in [2.05, 4.69) is 9.71 Å². The molecule has 2 heterocycles. The number of carboxylic acids is 1. The van der Waals surface area contributed by atoms with Gasteiger partial charge in [0.15, 0.2) is 0 Å². The molecule has 1 aromatic heterocycles. The van der Waals surface area contributed by atoms with Gasteiger partial charge in [-0.1, -0.05) is 0 Å². The van der Waals surface area contributed by atoms with E-state index < -0.39 is 22.2 Å². The maximum absolute atomic E-state index is 12.3. The number of carboxylic acid groups (broad SMARTS) is 1. The van der Waals surface area contributed by atoms with E-state index in [0.29, 0.717) is 24.2 Å². The quantitative estimate of drug-likeness (QED) is 0.863. The monoisotopic (exact) mass is 299 g/mol. The summed E-state index contributed by atoms with van der Waals surface area (Å²) in [5.41, 5.74) is 0.905. The summed E-state index contributed by atoms with van der Waals surface area (Å²) in [4.78, 5) is 15.2. The average Bonchev–Trinajstić information content (AvgIpc) is 2.41. The van der Waals surface area contributed by atoms with Crippen molar-refractivity contribution in [2.24, 2.45) is 0 Å². The largest absolute Gasteiger partial charge is 0.480 e. The molecule has 1 aliphatic heterocycles. The van der Waals surface area contributed by atoms with Gasteiger partial charge in [0, 0.05) is 12.7 Å². The Kier molecular flexibility index (Phi) is 4.24. The van der Waals surface area contributed by atoms with Gasteiger partial charge in [0.1, 0.15) is 6.04 Å². The number of aromatic nitrogens is 1. The highest BCUT2D eigenvalue weighted by Crippen LogP contribution is 2.23. The van der Waals surface area contributed by atoms with Gasteiger partial charge in [0.2, 0.25) is 0 Å². The fourth-order valence-corrected chi connectivity index (χ4v) is 3.74. The van der Waals surface area contributed by atoms with Crippen LogP contribution >= 0.6 is 0 Å². The van der Waals surface area contributed by atoms with Gasteiger partial charge in [-0.3, -0.25) is 14.5 Å². The first-order valence-corrected chi connectivity index (χ1v) is 7.80. The summed E-state index contributed by atoms with van der Waals surface area (Å²) in [5.74, 6) is -1.11. The van der Waals surface area contributed by atoms with E-state index in [0.717, 1.165) is 10.7 Å². The van der Waals surface area contributed by atoms with Gasteiger partial charge in [-0.2, -0.15) is 12.7 Å². The average molecular weight is 299 g/mol. The summed E-state index contributed by atoms with van der Waals surface area (Å²) in [7, 11) is -3.89. The van der Waals surface area contributed by atoms with Gasteiger partial charge in [-0.15, -0.1) is 0 Å². The SMILES string of the molecule is Cc1ncccc1NS(=O)(=O)N1CCCCC1C(=O)O. The van der Waals surface area contributed by atoms with Crippen LogP contribution < -0.4 is 4.72 Å². The molecule has 0 spiro atoms. The van der Waals surface area contributed by atoms with Crippen molar-refractivity contribution >= 4 is 21.9 Å². The topological polar surface area (TPSA) is 99.6 Å². The van der Waals surface area contributed by atoms with Crippen LogP contribution in [0.25, 0.3) is 0 Å². The van der Waals surface area contributed by atoms with Crippen LogP contribution in [0.4, 0.5) is 5.69 Å². The molecule has 20 heavy (non-hydrogen) atoms. The third-order valence-corrected chi connectivity index (χ3v) is 4.83. The molecule has 0 amide bonds. The molecule has 1 saturated heterocycles. The first kappa shape index (κ1) is 14.7. The van der Waals surface area contributed by atoms with Crippen LogP contribution in [0.15, 0.2) is 18.3 Å². The Labute approximate surface area is 117 Å². The highest BCUT2D eigenvalue weighted by molar-refractivity contribution is 7.90. The molecule has 7 nitrogen and oxygen atoms in total. The molecule has 1 aliphatic rings. The number of nitrogens with one attached hydrogen (secondary N) is 1. The zero-order chi connectivity index (χ0) is 14.8. The van der Waals surface area contributed by atoms with E-state index in [9.17, 15) is 13.2 Å². The number of hydrogen-bond acceptors (Lipinski definition) is 4. The van der Waals surface area contributed by atoms with Gasteiger partial charge < -0.3 is 5.11 Å². The number of carbonyl (C=O) groups is 1. The van der Waals surface area contributed by atoms with Crippen molar-refractivity contribution in [1.82, 2.24) is 9.29 Å². The second-order valence-electron chi connectivity index (χ2n) is 4.70. The van der Waals surface area contributed by atoms with Crippen LogP contribution in [0.5, 0.6) is 0 Å². The standard InChI is InChI=1S/C12H17N3O4S/c1-9-10(5-4-7-13-9)14-20(18,19)15-8-3-2-6-11(15)12(16)17/h4-5,7,11,14H,2-3,6,8H2,1H3,(H,16,17). The number of nitrogens with zero attached hydrogens (tertiary/aromatic N) is 2. The zero-order valence-corrected chi connectivity index (χ0v) is 11.9. The van der Waals surface area contributed by atoms with Gasteiger partial charge in [0.05, 0.1) is 11.4 Å². The molecule has 1 aromatic rings. The van der Waals surface area contributed by atoms with Crippen molar-refractivity contribution in [2.45, 2.75) is 32.2 Å². The Bertz CT molecular complexity index is 602. The van der Waals surface area contributed by atoms with E-state index in [-0.39, 0.29) is 6.54 Å². The van der Waals surface area contributed by atoms with Crippen molar-refractivity contribution in [2.75, 3.05) is 11.3 Å². The first-order valence-electron chi connectivity index (χ1n) is 6.36. The Balaban J connectivity index is 2.25. The van der Waals surface area contributed by atoms with Gasteiger partial charge >= 0.3 is 16.2 Å². The predicted octanol–water partition coefficient (Wildman–Crippen LogP) is 0.986. The lowest BCUT2D eigenvalue weighted by Crippen LogP contribution is -2.50. The number of aliphatic carboxylic acids is 1. The van der Waals surface area contributed by atoms with E-state index in [1.165, 1.54) is 0 Å². The predicted molar refractivity (Wildman–Crippen MR) is 73.5 cm³/mol. The lowest BCUT2D eigenvalue weighted by atomic mass is 10.1. The molecule has 2 N–H and O–H groups in total. The maximum Gasteiger partial charge on any atom is 0.322 e. The summed E-state index contributed by atoms with van der Waals surface area (Å²) in [5, 5.41) is 9.15. The lowest BCUT2D eigenvalue weighted by molar-refractivity contribution is -0.142. The van der Waals surface area contributed by atoms with Crippen LogP contribution in [0.3, 0.4) is 0 Å². The fourth-order valence-electron chi connectivity index (χ4n) is 2.23. The third-order valence-electron chi connectivity index (χ3n) is 3.29. The second kappa shape index (κ2) is 5.76. The van der Waals surface area contributed by atoms with Crippen LogP contribution in [-0.2, 0) is 15.0 Å². The fraction of sp³-hybridized carbons (Fsp3) is 0.500. The molecular weight excluding hydrogens is 282 g/mol. The van der Waals surface area contributed by atoms with Gasteiger partial charge in [0.25, 0.3) is 0 Å². The van der Waals surface area contributed by atoms with Crippen LogP contribution in [0, 0.1) is 6.92 Å². The molecule has 0 bridgehead atoms. The molecule has 2 rings (SSSR count). The van der Waals surface area contributed by atoms with Crippen LogP contribution in [0.2, 0.25) is 0 Å². The molecule has 1 atom stereocenters. The zero-order valence-electron chi connectivity index (χ0n) is 11.1. The minimum atomic E-state index is -3.89. The molecule has 8 heteroatoms. The summed E-state index contributed by atoms with van der Waals surface area (Å²) >= 11 is 0. The van der Waals surface area contributed by atoms with E-state index in [4.69, 9.17) is 5.11 Å². The van der Waals surface area contributed by atoms with E-state index in [1.54, 1.807) is 25.3 Å². The summed E-state index contributed by atoms with van der Waals surface area (Å²) in [6.45, 7) is 1.90. The Morgan fingerprint density at radius 2 is 2.25 bits per heavy atom. The van der Waals surface area contributed by atoms with Crippen molar-refractivity contribution in [3.63, 3.8) is 0 Å². The summed E-state index contributed by atoms with van der Waals surface area (Å²) < 4.78 is 28.1. The number of aryl methyl sites for hydroxylation is 1. The van der Waals surface area contributed by atoms with E-state index in [1.807, 2.05) is 0 Å². The minimum absolute atomic E-state index is 0.214. The smallest absolute Gasteiger partial charge is 0.322 e. The third kappa shape index (κ3) is 3.07. The number of anilines is 1. The molecule has 110 valence electrons. The lowest BCUT2D eigenvalue weighted by Gasteiger charge is -2.32. The Morgan fingerprint density at radius 3 is 2.90 bits per heavy atom. The van der Waals surface area contributed by atoms with Crippen molar-refractivity contribution in [3.05, 3.63) is 24.0 Å². The highest BCUT2D eigenvalue weighted by atomic mass is 32.2. The molecular formula is C12H17N3O4S. The van der Waals surface area contributed by atoms with Crippen LogP contribution in [-0.4, -0.2) is 41.4 Å². The molecule has 0 aliphatic carbocycles. The van der Waals surface area contributed by atoms with Crippen molar-refractivity contribution < 1.29 is 18.3 Å². The molecule has 0 radical (unpaired) electrons.